The van der Waals surface area contributed by atoms with Crippen LogP contribution in [0, 0.1) is 11.3 Å². The third-order valence-electron chi connectivity index (χ3n) is 3.86. The van der Waals surface area contributed by atoms with Crippen LogP contribution >= 0.6 is 0 Å². The molecule has 0 spiro atoms. The lowest BCUT2D eigenvalue weighted by atomic mass is 10.1. The van der Waals surface area contributed by atoms with E-state index in [4.69, 9.17) is 4.74 Å². The summed E-state index contributed by atoms with van der Waals surface area (Å²) in [5, 5.41) is 28.3. The molecule has 140 valence electrons. The Kier molecular flexibility index (Phi) is 5.95. The number of aromatic nitrogens is 4. The van der Waals surface area contributed by atoms with Gasteiger partial charge < -0.3 is 15.4 Å². The van der Waals surface area contributed by atoms with E-state index in [-0.39, 0.29) is 17.3 Å². The molecule has 0 aliphatic rings. The maximum Gasteiger partial charge on any atom is 0.253 e. The van der Waals surface area contributed by atoms with Gasteiger partial charge in [0.05, 0.1) is 18.4 Å². The number of rotatable bonds is 7. The lowest BCUT2D eigenvalue weighted by molar-refractivity contribution is 0.0951. The second-order valence-corrected chi connectivity index (χ2v) is 5.63. The molecule has 0 aliphatic carbocycles. The largest absolute Gasteiger partial charge is 0.497 e. The Morgan fingerprint density at radius 1 is 1.25 bits per heavy atom. The molecule has 0 saturated carbocycles. The van der Waals surface area contributed by atoms with Crippen LogP contribution in [0.4, 0.5) is 5.69 Å². The number of carbonyl (C=O) groups excluding carboxylic acids is 1. The van der Waals surface area contributed by atoms with Crippen LogP contribution in [0.5, 0.6) is 5.75 Å². The number of hydrogen-bond acceptors (Lipinski definition) is 7. The van der Waals surface area contributed by atoms with Crippen LogP contribution in [0.15, 0.2) is 54.7 Å². The summed E-state index contributed by atoms with van der Waals surface area (Å²) in [5.74, 6) is 0.674. The summed E-state index contributed by atoms with van der Waals surface area (Å²) in [4.78, 5) is 12.6. The van der Waals surface area contributed by atoms with Crippen LogP contribution in [-0.4, -0.2) is 33.6 Å². The van der Waals surface area contributed by atoms with Crippen LogP contribution in [0.3, 0.4) is 0 Å². The number of allylic oxidation sites excluding steroid dienone is 1. The molecular weight excluding hydrogens is 358 g/mol. The summed E-state index contributed by atoms with van der Waals surface area (Å²) < 4.78 is 5.12. The van der Waals surface area contributed by atoms with Gasteiger partial charge in [0.25, 0.3) is 5.91 Å². The van der Waals surface area contributed by atoms with Gasteiger partial charge in [0.15, 0.2) is 0 Å². The van der Waals surface area contributed by atoms with Crippen molar-refractivity contribution >= 4 is 17.2 Å². The normalized spacial score (nSPS) is 10.8. The van der Waals surface area contributed by atoms with E-state index in [1.165, 1.54) is 6.20 Å². The predicted octanol–water partition coefficient (Wildman–Crippen LogP) is 2.11. The Labute approximate surface area is 161 Å². The highest BCUT2D eigenvalue weighted by atomic mass is 16.5. The molecule has 0 unspecified atom stereocenters. The number of nitrogens with zero attached hydrogens (tertiary/aromatic N) is 4. The van der Waals surface area contributed by atoms with Crippen LogP contribution in [0.25, 0.3) is 5.57 Å². The number of nitriles is 1. The Morgan fingerprint density at radius 3 is 2.71 bits per heavy atom. The average molecular weight is 375 g/mol. The second-order valence-electron chi connectivity index (χ2n) is 5.63. The minimum absolute atomic E-state index is 0.163. The standard InChI is InChI=1S/C19H17N7O2/c1-28-15-8-6-13(7-9-15)11-22-19(27)16-4-2-3-5-17(16)21-12-14(10-20)18-23-25-26-24-18/h2-9,12,21H,11H2,1H3,(H,22,27)(H,23,24,25,26). The first kappa shape index (κ1) is 18.6. The summed E-state index contributed by atoms with van der Waals surface area (Å²) in [7, 11) is 1.60. The number of H-pyrrole nitrogens is 1. The van der Waals surface area contributed by atoms with E-state index in [1.54, 1.807) is 31.4 Å². The summed E-state index contributed by atoms with van der Waals surface area (Å²) in [5.41, 5.74) is 2.12. The van der Waals surface area contributed by atoms with Gasteiger partial charge in [0.1, 0.15) is 17.4 Å². The summed E-state index contributed by atoms with van der Waals surface area (Å²) in [6, 6.07) is 16.4. The van der Waals surface area contributed by atoms with Gasteiger partial charge in [0.2, 0.25) is 5.82 Å². The van der Waals surface area contributed by atoms with E-state index in [1.807, 2.05) is 30.3 Å². The highest BCUT2D eigenvalue weighted by Gasteiger charge is 2.11. The van der Waals surface area contributed by atoms with Crippen LogP contribution in [0.1, 0.15) is 21.7 Å². The average Bonchev–Trinajstić information content (AvgIpc) is 3.28. The monoisotopic (exact) mass is 375 g/mol. The molecule has 1 aromatic heterocycles. The van der Waals surface area contributed by atoms with Gasteiger partial charge in [-0.15, -0.1) is 10.2 Å². The minimum atomic E-state index is -0.245. The van der Waals surface area contributed by atoms with E-state index >= 15 is 0 Å². The van der Waals surface area contributed by atoms with Crippen LogP contribution in [-0.2, 0) is 6.54 Å². The first-order valence-corrected chi connectivity index (χ1v) is 8.32. The SMILES string of the molecule is COc1ccc(CNC(=O)c2ccccc2NC=C(C#N)c2nn[nH]n2)cc1. The summed E-state index contributed by atoms with van der Waals surface area (Å²) in [6.07, 6.45) is 1.43. The Hall–Kier alpha value is -4.19. The highest BCUT2D eigenvalue weighted by molar-refractivity contribution is 5.99. The number of para-hydroxylation sites is 1. The molecule has 9 nitrogen and oxygen atoms in total. The number of ether oxygens (including phenoxy) is 1. The molecule has 0 aliphatic heterocycles. The van der Waals surface area contributed by atoms with Crippen molar-refractivity contribution < 1.29 is 9.53 Å². The lowest BCUT2D eigenvalue weighted by Crippen LogP contribution is -2.23. The topological polar surface area (TPSA) is 129 Å². The smallest absolute Gasteiger partial charge is 0.253 e. The second kappa shape index (κ2) is 8.95. The lowest BCUT2D eigenvalue weighted by Gasteiger charge is -2.10. The third-order valence-corrected chi connectivity index (χ3v) is 3.86. The van der Waals surface area contributed by atoms with E-state index in [2.05, 4.69) is 31.3 Å². The Morgan fingerprint density at radius 2 is 2.04 bits per heavy atom. The molecule has 0 fully saturated rings. The van der Waals surface area contributed by atoms with E-state index in [0.29, 0.717) is 17.8 Å². The third kappa shape index (κ3) is 4.50. The van der Waals surface area contributed by atoms with Crippen LogP contribution in [0.2, 0.25) is 0 Å². The number of tetrazole rings is 1. The van der Waals surface area contributed by atoms with E-state index in [0.717, 1.165) is 11.3 Å². The zero-order valence-corrected chi connectivity index (χ0v) is 15.0. The zero-order chi connectivity index (χ0) is 19.8. The van der Waals surface area contributed by atoms with Gasteiger partial charge in [-0.25, -0.2) is 0 Å². The molecule has 2 aromatic carbocycles. The molecule has 3 N–H and O–H groups in total. The number of amides is 1. The maximum absolute atomic E-state index is 12.6. The number of hydrogen-bond donors (Lipinski definition) is 3. The van der Waals surface area contributed by atoms with Gasteiger partial charge in [0, 0.05) is 12.7 Å². The maximum atomic E-state index is 12.6. The molecule has 0 saturated heterocycles. The van der Waals surface area contributed by atoms with Gasteiger partial charge in [-0.2, -0.15) is 10.5 Å². The molecule has 9 heteroatoms. The van der Waals surface area contributed by atoms with Crippen molar-refractivity contribution in [2.75, 3.05) is 12.4 Å². The van der Waals surface area contributed by atoms with Crippen molar-refractivity contribution in [2.45, 2.75) is 6.54 Å². The van der Waals surface area contributed by atoms with Crippen LogP contribution < -0.4 is 15.4 Å². The van der Waals surface area contributed by atoms with Crippen molar-refractivity contribution in [3.05, 3.63) is 71.7 Å². The van der Waals surface area contributed by atoms with Gasteiger partial charge in [-0.1, -0.05) is 24.3 Å². The van der Waals surface area contributed by atoms with Gasteiger partial charge in [-0.3, -0.25) is 4.79 Å². The summed E-state index contributed by atoms with van der Waals surface area (Å²) in [6.45, 7) is 0.374. The van der Waals surface area contributed by atoms with E-state index < -0.39 is 0 Å². The number of anilines is 1. The fourth-order valence-corrected chi connectivity index (χ4v) is 2.40. The number of benzene rings is 2. The fraction of sp³-hybridized carbons (Fsp3) is 0.105. The molecular formula is C19H17N7O2. The molecule has 3 rings (SSSR count). The number of methoxy groups -OCH3 is 1. The first-order chi connectivity index (χ1) is 13.7. The molecule has 1 amide bonds. The van der Waals surface area contributed by atoms with Crippen molar-refractivity contribution in [3.8, 4) is 11.8 Å². The fourth-order valence-electron chi connectivity index (χ4n) is 2.40. The number of carbonyl (C=O) groups is 1. The van der Waals surface area contributed by atoms with Crippen molar-refractivity contribution in [1.29, 1.82) is 5.26 Å². The molecule has 0 radical (unpaired) electrons. The summed E-state index contributed by atoms with van der Waals surface area (Å²) >= 11 is 0. The predicted molar refractivity (Wildman–Crippen MR) is 102 cm³/mol. The van der Waals surface area contributed by atoms with Crippen molar-refractivity contribution in [1.82, 2.24) is 25.9 Å². The molecule has 1 heterocycles. The van der Waals surface area contributed by atoms with Gasteiger partial charge >= 0.3 is 0 Å². The number of nitrogens with one attached hydrogen (secondary N) is 3. The van der Waals surface area contributed by atoms with Gasteiger partial charge in [-0.05, 0) is 35.0 Å². The molecule has 0 bridgehead atoms. The number of aromatic amines is 1. The molecule has 28 heavy (non-hydrogen) atoms. The van der Waals surface area contributed by atoms with Crippen molar-refractivity contribution in [2.24, 2.45) is 0 Å². The first-order valence-electron chi connectivity index (χ1n) is 8.32. The minimum Gasteiger partial charge on any atom is -0.497 e. The highest BCUT2D eigenvalue weighted by Crippen LogP contribution is 2.17. The molecule has 0 atom stereocenters. The Balaban J connectivity index is 1.70. The van der Waals surface area contributed by atoms with Crippen molar-refractivity contribution in [3.63, 3.8) is 0 Å². The molecule has 3 aromatic rings. The quantitative estimate of drug-likeness (QED) is 0.539. The Bertz CT molecular complexity index is 1010. The van der Waals surface area contributed by atoms with E-state index in [9.17, 15) is 10.1 Å². The zero-order valence-electron chi connectivity index (χ0n) is 15.0.